The predicted molar refractivity (Wildman–Crippen MR) is 91.9 cm³/mol. The van der Waals surface area contributed by atoms with Crippen LogP contribution in [0.5, 0.6) is 23.0 Å². The van der Waals surface area contributed by atoms with E-state index in [0.717, 1.165) is 0 Å². The molecule has 1 aliphatic rings. The van der Waals surface area contributed by atoms with Gasteiger partial charge in [0.15, 0.2) is 23.0 Å². The summed E-state index contributed by atoms with van der Waals surface area (Å²) in [5.41, 5.74) is 3.37. The molecule has 0 saturated heterocycles. The van der Waals surface area contributed by atoms with Crippen LogP contribution in [0.3, 0.4) is 0 Å². The number of nitrogens with one attached hydrogen (secondary N) is 1. The van der Waals surface area contributed by atoms with Crippen molar-refractivity contribution in [3.05, 3.63) is 46.5 Å². The van der Waals surface area contributed by atoms with Crippen LogP contribution in [0, 0.1) is 0 Å². The Morgan fingerprint density at radius 1 is 1.36 bits per heavy atom. The number of aromatic hydroxyl groups is 1. The molecule has 0 saturated carbocycles. The second-order valence-corrected chi connectivity index (χ2v) is 5.46. The Kier molecular flexibility index (Phi) is 4.95. The van der Waals surface area contributed by atoms with Gasteiger partial charge in [-0.25, -0.2) is 5.43 Å². The summed E-state index contributed by atoms with van der Waals surface area (Å²) in [5.74, 6) is 0.832. The molecule has 1 heterocycles. The van der Waals surface area contributed by atoms with Crippen LogP contribution in [-0.2, 0) is 0 Å². The Hall–Kier alpha value is -2.93. The van der Waals surface area contributed by atoms with Crippen molar-refractivity contribution in [2.45, 2.75) is 6.92 Å². The lowest BCUT2D eigenvalue weighted by atomic mass is 10.2. The third-order valence-electron chi connectivity index (χ3n) is 3.37. The summed E-state index contributed by atoms with van der Waals surface area (Å²) < 4.78 is 15.7. The molecule has 0 aliphatic carbocycles. The van der Waals surface area contributed by atoms with Gasteiger partial charge in [0.05, 0.1) is 17.8 Å². The molecule has 0 aromatic heterocycles. The Morgan fingerprint density at radius 3 is 2.96 bits per heavy atom. The number of hydrazone groups is 1. The van der Waals surface area contributed by atoms with Crippen molar-refractivity contribution in [2.75, 3.05) is 13.4 Å². The zero-order valence-corrected chi connectivity index (χ0v) is 14.0. The van der Waals surface area contributed by atoms with Gasteiger partial charge in [-0.15, -0.1) is 0 Å². The number of phenolic OH excluding ortho intramolecular Hbond substituents is 1. The highest BCUT2D eigenvalue weighted by molar-refractivity contribution is 6.32. The van der Waals surface area contributed by atoms with Crippen LogP contribution in [0.15, 0.2) is 35.4 Å². The molecular formula is C17H15ClN2O5. The first kappa shape index (κ1) is 16.9. The minimum Gasteiger partial charge on any atom is -0.503 e. The minimum atomic E-state index is -0.399. The van der Waals surface area contributed by atoms with Gasteiger partial charge in [-0.3, -0.25) is 4.79 Å². The van der Waals surface area contributed by atoms with E-state index in [1.54, 1.807) is 31.2 Å². The van der Waals surface area contributed by atoms with E-state index >= 15 is 0 Å². The standard InChI is InChI=1S/C17H15ClN2O5/c1-2-23-15-6-10(5-12(18)16(15)21)8-19-20-17(22)11-3-4-13-14(7-11)25-9-24-13/h3-8,21H,2,9H2,1H3,(H,20,22)/b19-8-. The van der Waals surface area contributed by atoms with Crippen molar-refractivity contribution < 1.29 is 24.1 Å². The molecule has 0 unspecified atom stereocenters. The normalized spacial score (nSPS) is 12.4. The summed E-state index contributed by atoms with van der Waals surface area (Å²) in [6.45, 7) is 2.31. The van der Waals surface area contributed by atoms with Gasteiger partial charge in [0.2, 0.25) is 6.79 Å². The molecular weight excluding hydrogens is 348 g/mol. The molecule has 0 atom stereocenters. The number of ether oxygens (including phenoxy) is 3. The van der Waals surface area contributed by atoms with Gasteiger partial charge in [-0.2, -0.15) is 5.10 Å². The molecule has 7 nitrogen and oxygen atoms in total. The summed E-state index contributed by atoms with van der Waals surface area (Å²) in [7, 11) is 0. The van der Waals surface area contributed by atoms with Gasteiger partial charge in [-0.05, 0) is 42.8 Å². The first-order valence-electron chi connectivity index (χ1n) is 7.47. The van der Waals surface area contributed by atoms with E-state index in [9.17, 15) is 9.90 Å². The molecule has 3 rings (SSSR count). The fourth-order valence-corrected chi connectivity index (χ4v) is 2.42. The van der Waals surface area contributed by atoms with Gasteiger partial charge >= 0.3 is 0 Å². The molecule has 0 spiro atoms. The van der Waals surface area contributed by atoms with Crippen LogP contribution in [0.1, 0.15) is 22.8 Å². The fraction of sp³-hybridized carbons (Fsp3) is 0.176. The number of amides is 1. The Balaban J connectivity index is 1.69. The largest absolute Gasteiger partial charge is 0.503 e. The van der Waals surface area contributed by atoms with Crippen LogP contribution >= 0.6 is 11.6 Å². The van der Waals surface area contributed by atoms with Gasteiger partial charge in [0.1, 0.15) is 0 Å². The van der Waals surface area contributed by atoms with Crippen LogP contribution in [0.25, 0.3) is 0 Å². The van der Waals surface area contributed by atoms with Crippen molar-refractivity contribution in [1.29, 1.82) is 0 Å². The molecule has 0 fully saturated rings. The predicted octanol–water partition coefficient (Wildman–Crippen LogP) is 2.94. The zero-order valence-electron chi connectivity index (χ0n) is 13.3. The van der Waals surface area contributed by atoms with Crippen LogP contribution in [-0.4, -0.2) is 30.6 Å². The van der Waals surface area contributed by atoms with Gasteiger partial charge in [-0.1, -0.05) is 11.6 Å². The topological polar surface area (TPSA) is 89.4 Å². The number of fused-ring (bicyclic) bond motifs is 1. The number of hydrogen-bond donors (Lipinski definition) is 2. The second kappa shape index (κ2) is 7.31. The first-order valence-corrected chi connectivity index (χ1v) is 7.84. The summed E-state index contributed by atoms with van der Waals surface area (Å²) in [5, 5.41) is 13.8. The minimum absolute atomic E-state index is 0.134. The van der Waals surface area contributed by atoms with E-state index < -0.39 is 5.91 Å². The summed E-state index contributed by atoms with van der Waals surface area (Å²) in [4.78, 5) is 12.1. The molecule has 2 N–H and O–H groups in total. The highest BCUT2D eigenvalue weighted by atomic mass is 35.5. The average Bonchev–Trinajstić information content (AvgIpc) is 3.07. The van der Waals surface area contributed by atoms with Crippen molar-refractivity contribution in [3.8, 4) is 23.0 Å². The van der Waals surface area contributed by atoms with E-state index in [1.807, 2.05) is 0 Å². The van der Waals surface area contributed by atoms with E-state index in [2.05, 4.69) is 10.5 Å². The molecule has 25 heavy (non-hydrogen) atoms. The number of carbonyl (C=O) groups excluding carboxylic acids is 1. The maximum Gasteiger partial charge on any atom is 0.271 e. The summed E-state index contributed by atoms with van der Waals surface area (Å²) >= 11 is 5.94. The highest BCUT2D eigenvalue weighted by Gasteiger charge is 2.16. The number of nitrogens with zero attached hydrogens (tertiary/aromatic N) is 1. The van der Waals surface area contributed by atoms with E-state index in [0.29, 0.717) is 29.2 Å². The van der Waals surface area contributed by atoms with Crippen molar-refractivity contribution in [1.82, 2.24) is 5.43 Å². The van der Waals surface area contributed by atoms with Crippen LogP contribution in [0.4, 0.5) is 0 Å². The number of benzene rings is 2. The van der Waals surface area contributed by atoms with Crippen LogP contribution < -0.4 is 19.6 Å². The van der Waals surface area contributed by atoms with Gasteiger partial charge in [0, 0.05) is 5.56 Å². The number of phenols is 1. The lowest BCUT2D eigenvalue weighted by Crippen LogP contribution is -2.17. The van der Waals surface area contributed by atoms with Gasteiger partial charge in [0.25, 0.3) is 5.91 Å². The zero-order chi connectivity index (χ0) is 17.8. The monoisotopic (exact) mass is 362 g/mol. The Labute approximate surface area is 148 Å². The quantitative estimate of drug-likeness (QED) is 0.630. The number of rotatable bonds is 5. The molecule has 0 radical (unpaired) electrons. The Morgan fingerprint density at radius 2 is 2.16 bits per heavy atom. The fourth-order valence-electron chi connectivity index (χ4n) is 2.20. The van der Waals surface area contributed by atoms with Crippen LogP contribution in [0.2, 0.25) is 5.02 Å². The molecule has 0 bridgehead atoms. The van der Waals surface area contributed by atoms with Crippen molar-refractivity contribution in [2.24, 2.45) is 5.10 Å². The first-order chi connectivity index (χ1) is 12.1. The smallest absolute Gasteiger partial charge is 0.271 e. The molecule has 130 valence electrons. The summed E-state index contributed by atoms with van der Waals surface area (Å²) in [6, 6.07) is 7.94. The maximum absolute atomic E-state index is 12.1. The third kappa shape index (κ3) is 3.77. The highest BCUT2D eigenvalue weighted by Crippen LogP contribution is 2.35. The second-order valence-electron chi connectivity index (χ2n) is 5.05. The number of hydrogen-bond acceptors (Lipinski definition) is 6. The van der Waals surface area contributed by atoms with E-state index in [1.165, 1.54) is 12.3 Å². The van der Waals surface area contributed by atoms with E-state index in [-0.39, 0.29) is 23.3 Å². The molecule has 1 amide bonds. The molecule has 2 aromatic carbocycles. The van der Waals surface area contributed by atoms with Crippen molar-refractivity contribution >= 4 is 23.7 Å². The summed E-state index contributed by atoms with van der Waals surface area (Å²) in [6.07, 6.45) is 1.40. The number of halogens is 1. The average molecular weight is 363 g/mol. The van der Waals surface area contributed by atoms with Crippen molar-refractivity contribution in [3.63, 3.8) is 0 Å². The maximum atomic E-state index is 12.1. The molecule has 1 aliphatic heterocycles. The SMILES string of the molecule is CCOc1cc(/C=N\NC(=O)c2ccc3c(c2)OCO3)cc(Cl)c1O. The lowest BCUT2D eigenvalue weighted by Gasteiger charge is -2.08. The molecule has 8 heteroatoms. The molecule has 2 aromatic rings. The lowest BCUT2D eigenvalue weighted by molar-refractivity contribution is 0.0954. The number of carbonyl (C=O) groups is 1. The van der Waals surface area contributed by atoms with E-state index in [4.69, 9.17) is 25.8 Å². The van der Waals surface area contributed by atoms with Gasteiger partial charge < -0.3 is 19.3 Å². The Bertz CT molecular complexity index is 838. The third-order valence-corrected chi connectivity index (χ3v) is 3.65.